The highest BCUT2D eigenvalue weighted by Crippen LogP contribution is 2.33. The Kier molecular flexibility index (Phi) is 5.37. The van der Waals surface area contributed by atoms with Crippen molar-refractivity contribution in [3.8, 4) is 5.75 Å². The number of aryl methyl sites for hydroxylation is 2. The van der Waals surface area contributed by atoms with E-state index in [-0.39, 0.29) is 29.5 Å². The standard InChI is InChI=1S/C21H24N2O4/c1-2-17-19(20(25)13-10-15(22)21(26)16(23)11-13)14-7-6-12(5-3-4-8-24)9-18(14)27-17/h6-7,9-11,24,26H,2-5,8,22-23H2,1H3. The van der Waals surface area contributed by atoms with Gasteiger partial charge in [0.05, 0.1) is 16.9 Å². The van der Waals surface area contributed by atoms with Crippen molar-refractivity contribution in [3.63, 3.8) is 0 Å². The summed E-state index contributed by atoms with van der Waals surface area (Å²) in [5.74, 6) is 0.150. The lowest BCUT2D eigenvalue weighted by molar-refractivity contribution is 0.103. The first-order chi connectivity index (χ1) is 13.0. The van der Waals surface area contributed by atoms with Crippen LogP contribution in [0.2, 0.25) is 0 Å². The molecule has 0 saturated heterocycles. The number of anilines is 2. The normalized spacial score (nSPS) is 11.2. The Bertz CT molecular complexity index is 968. The lowest BCUT2D eigenvalue weighted by Crippen LogP contribution is -2.06. The number of phenolic OH excluding ortho intramolecular Hbond substituents is 1. The third-order valence-corrected chi connectivity index (χ3v) is 4.68. The van der Waals surface area contributed by atoms with Gasteiger partial charge in [-0.1, -0.05) is 19.1 Å². The number of rotatable bonds is 7. The minimum Gasteiger partial charge on any atom is -0.504 e. The van der Waals surface area contributed by atoms with Gasteiger partial charge in [-0.25, -0.2) is 0 Å². The fourth-order valence-corrected chi connectivity index (χ4v) is 3.24. The van der Waals surface area contributed by atoms with Crippen molar-refractivity contribution in [2.75, 3.05) is 18.1 Å². The lowest BCUT2D eigenvalue weighted by atomic mass is 9.97. The van der Waals surface area contributed by atoms with E-state index in [9.17, 15) is 9.90 Å². The number of aromatic hydroxyl groups is 1. The molecule has 6 nitrogen and oxygen atoms in total. The van der Waals surface area contributed by atoms with Gasteiger partial charge in [0.15, 0.2) is 11.5 Å². The summed E-state index contributed by atoms with van der Waals surface area (Å²) in [5, 5.41) is 19.4. The predicted octanol–water partition coefficient (Wildman–Crippen LogP) is 3.41. The minimum absolute atomic E-state index is 0.0652. The van der Waals surface area contributed by atoms with Gasteiger partial charge >= 0.3 is 0 Å². The highest BCUT2D eigenvalue weighted by molar-refractivity contribution is 6.17. The van der Waals surface area contributed by atoms with Crippen LogP contribution in [0.15, 0.2) is 34.7 Å². The number of phenols is 1. The van der Waals surface area contributed by atoms with Crippen LogP contribution >= 0.6 is 0 Å². The number of hydrogen-bond donors (Lipinski definition) is 4. The summed E-state index contributed by atoms with van der Waals surface area (Å²) in [6.45, 7) is 2.11. The van der Waals surface area contributed by atoms with Gasteiger partial charge in [-0.3, -0.25) is 4.79 Å². The first-order valence-corrected chi connectivity index (χ1v) is 9.04. The van der Waals surface area contributed by atoms with Crippen molar-refractivity contribution < 1.29 is 19.4 Å². The van der Waals surface area contributed by atoms with E-state index in [2.05, 4.69) is 0 Å². The quantitative estimate of drug-likeness (QED) is 0.219. The van der Waals surface area contributed by atoms with E-state index in [1.54, 1.807) is 0 Å². The maximum atomic E-state index is 13.1. The molecule has 27 heavy (non-hydrogen) atoms. The molecule has 1 heterocycles. The zero-order valence-corrected chi connectivity index (χ0v) is 15.3. The number of carbonyl (C=O) groups excluding carboxylic acids is 1. The summed E-state index contributed by atoms with van der Waals surface area (Å²) in [6, 6.07) is 8.67. The van der Waals surface area contributed by atoms with Crippen LogP contribution in [-0.4, -0.2) is 22.6 Å². The Labute approximate surface area is 157 Å². The largest absolute Gasteiger partial charge is 0.504 e. The molecule has 0 unspecified atom stereocenters. The fourth-order valence-electron chi connectivity index (χ4n) is 3.24. The van der Waals surface area contributed by atoms with Crippen molar-refractivity contribution >= 4 is 28.1 Å². The first-order valence-electron chi connectivity index (χ1n) is 9.04. The third-order valence-electron chi connectivity index (χ3n) is 4.68. The Morgan fingerprint density at radius 2 is 1.81 bits per heavy atom. The van der Waals surface area contributed by atoms with Crippen LogP contribution in [0.3, 0.4) is 0 Å². The van der Waals surface area contributed by atoms with Crippen molar-refractivity contribution in [1.82, 2.24) is 0 Å². The number of furan rings is 1. The second-order valence-electron chi connectivity index (χ2n) is 6.60. The van der Waals surface area contributed by atoms with Crippen LogP contribution in [0.4, 0.5) is 11.4 Å². The van der Waals surface area contributed by atoms with E-state index in [1.165, 1.54) is 12.1 Å². The molecule has 0 amide bonds. The highest BCUT2D eigenvalue weighted by Gasteiger charge is 2.22. The fraction of sp³-hybridized carbons (Fsp3) is 0.286. The summed E-state index contributed by atoms with van der Waals surface area (Å²) in [6.07, 6.45) is 3.05. The Hall–Kier alpha value is -2.99. The highest BCUT2D eigenvalue weighted by atomic mass is 16.3. The number of fused-ring (bicyclic) bond motifs is 1. The van der Waals surface area contributed by atoms with Crippen molar-refractivity contribution in [2.24, 2.45) is 0 Å². The average Bonchev–Trinajstić information content (AvgIpc) is 3.03. The number of aliphatic hydroxyl groups is 1. The average molecular weight is 368 g/mol. The monoisotopic (exact) mass is 368 g/mol. The summed E-state index contributed by atoms with van der Waals surface area (Å²) in [5.41, 5.74) is 14.2. The SMILES string of the molecule is CCc1oc2cc(CCCCO)ccc2c1C(=O)c1cc(N)c(O)c(N)c1. The smallest absolute Gasteiger partial charge is 0.197 e. The molecule has 6 heteroatoms. The molecule has 2 aromatic carbocycles. The molecule has 3 aromatic rings. The zero-order chi connectivity index (χ0) is 19.6. The Morgan fingerprint density at radius 1 is 1.11 bits per heavy atom. The van der Waals surface area contributed by atoms with E-state index in [0.29, 0.717) is 28.9 Å². The van der Waals surface area contributed by atoms with Gasteiger partial charge in [-0.05, 0) is 43.0 Å². The molecule has 142 valence electrons. The Balaban J connectivity index is 2.03. The number of nitrogens with two attached hydrogens (primary N) is 2. The second-order valence-corrected chi connectivity index (χ2v) is 6.60. The molecule has 0 radical (unpaired) electrons. The van der Waals surface area contributed by atoms with E-state index < -0.39 is 0 Å². The molecule has 0 fully saturated rings. The Morgan fingerprint density at radius 3 is 2.44 bits per heavy atom. The molecule has 0 bridgehead atoms. The second kappa shape index (κ2) is 7.72. The molecule has 1 aromatic heterocycles. The van der Waals surface area contributed by atoms with Crippen molar-refractivity contribution in [1.29, 1.82) is 0 Å². The molecule has 0 saturated carbocycles. The number of carbonyl (C=O) groups is 1. The van der Waals surface area contributed by atoms with E-state index in [1.807, 2.05) is 25.1 Å². The number of nitrogen functional groups attached to an aromatic ring is 2. The van der Waals surface area contributed by atoms with Gasteiger partial charge in [-0.2, -0.15) is 0 Å². The van der Waals surface area contributed by atoms with Gasteiger partial charge in [0, 0.05) is 24.0 Å². The molecular weight excluding hydrogens is 344 g/mol. The zero-order valence-electron chi connectivity index (χ0n) is 15.3. The van der Waals surface area contributed by atoms with Gasteiger partial charge in [0.1, 0.15) is 11.3 Å². The summed E-state index contributed by atoms with van der Waals surface area (Å²) in [7, 11) is 0. The molecular formula is C21H24N2O4. The van der Waals surface area contributed by atoms with Gasteiger partial charge < -0.3 is 26.1 Å². The molecule has 3 rings (SSSR count). The molecule has 0 atom stereocenters. The van der Waals surface area contributed by atoms with Crippen LogP contribution in [0.25, 0.3) is 11.0 Å². The minimum atomic E-state index is -0.239. The van der Waals surface area contributed by atoms with Gasteiger partial charge in [0.25, 0.3) is 0 Å². The molecule has 0 aliphatic carbocycles. The molecule has 6 N–H and O–H groups in total. The van der Waals surface area contributed by atoms with Crippen LogP contribution in [0, 0.1) is 0 Å². The predicted molar refractivity (Wildman–Crippen MR) is 106 cm³/mol. The maximum Gasteiger partial charge on any atom is 0.197 e. The van der Waals surface area contributed by atoms with Gasteiger partial charge in [0.2, 0.25) is 0 Å². The molecule has 0 aliphatic rings. The summed E-state index contributed by atoms with van der Waals surface area (Å²) < 4.78 is 5.94. The molecule has 0 spiro atoms. The van der Waals surface area contributed by atoms with E-state index in [0.717, 1.165) is 30.2 Å². The number of aliphatic hydroxyl groups excluding tert-OH is 1. The number of unbranched alkanes of at least 4 members (excludes halogenated alkanes) is 1. The van der Waals surface area contributed by atoms with Gasteiger partial charge in [-0.15, -0.1) is 0 Å². The first kappa shape index (κ1) is 18.8. The topological polar surface area (TPSA) is 123 Å². The summed E-state index contributed by atoms with van der Waals surface area (Å²) in [4.78, 5) is 13.1. The van der Waals surface area contributed by atoms with Crippen molar-refractivity contribution in [2.45, 2.75) is 32.6 Å². The van der Waals surface area contributed by atoms with Crippen molar-refractivity contribution in [3.05, 3.63) is 52.8 Å². The van der Waals surface area contributed by atoms with Crippen LogP contribution < -0.4 is 11.5 Å². The number of ketones is 1. The van der Waals surface area contributed by atoms with E-state index >= 15 is 0 Å². The lowest BCUT2D eigenvalue weighted by Gasteiger charge is -2.07. The van der Waals surface area contributed by atoms with Crippen LogP contribution in [0.5, 0.6) is 5.75 Å². The van der Waals surface area contributed by atoms with Crippen LogP contribution in [-0.2, 0) is 12.8 Å². The number of benzene rings is 2. The van der Waals surface area contributed by atoms with E-state index in [4.69, 9.17) is 21.0 Å². The number of hydrogen-bond acceptors (Lipinski definition) is 6. The molecule has 0 aliphatic heterocycles. The maximum absolute atomic E-state index is 13.1. The van der Waals surface area contributed by atoms with Crippen LogP contribution in [0.1, 0.15) is 47.0 Å². The third kappa shape index (κ3) is 3.61. The summed E-state index contributed by atoms with van der Waals surface area (Å²) >= 11 is 0.